The maximum Gasteiger partial charge on any atom is 0.257 e. The number of hydrogen-bond acceptors (Lipinski definition) is 2. The Morgan fingerprint density at radius 1 is 1.24 bits per heavy atom. The maximum absolute atomic E-state index is 12.9. The van der Waals surface area contributed by atoms with Crippen molar-refractivity contribution in [1.29, 1.82) is 0 Å². The number of aromatic nitrogens is 1. The molecular formula is C12H8FIN2O. The van der Waals surface area contributed by atoms with E-state index in [2.05, 4.69) is 32.9 Å². The highest BCUT2D eigenvalue weighted by Gasteiger charge is 2.07. The van der Waals surface area contributed by atoms with E-state index in [0.29, 0.717) is 5.69 Å². The number of carbonyl (C=O) groups is 1. The van der Waals surface area contributed by atoms with Crippen LogP contribution in [0.1, 0.15) is 10.4 Å². The van der Waals surface area contributed by atoms with Gasteiger partial charge in [-0.15, -0.1) is 0 Å². The van der Waals surface area contributed by atoms with Crippen molar-refractivity contribution in [3.05, 3.63) is 57.7 Å². The Kier molecular flexibility index (Phi) is 3.68. The lowest BCUT2D eigenvalue weighted by Gasteiger charge is -2.04. The van der Waals surface area contributed by atoms with Gasteiger partial charge in [0.1, 0.15) is 5.82 Å². The van der Waals surface area contributed by atoms with Crippen molar-refractivity contribution in [3.63, 3.8) is 0 Å². The fraction of sp³-hybridized carbons (Fsp3) is 0. The van der Waals surface area contributed by atoms with Crippen molar-refractivity contribution in [2.45, 2.75) is 0 Å². The summed E-state index contributed by atoms with van der Waals surface area (Å²) >= 11 is 2.17. The first kappa shape index (κ1) is 12.0. The van der Waals surface area contributed by atoms with Crippen LogP contribution < -0.4 is 5.32 Å². The molecule has 0 fully saturated rings. The van der Waals surface area contributed by atoms with Gasteiger partial charge in [0.15, 0.2) is 0 Å². The molecule has 86 valence electrons. The Labute approximate surface area is 111 Å². The number of anilines is 1. The zero-order valence-corrected chi connectivity index (χ0v) is 10.8. The molecule has 0 aliphatic heterocycles. The fourth-order valence-corrected chi connectivity index (χ4v) is 1.63. The van der Waals surface area contributed by atoms with Gasteiger partial charge in [0.25, 0.3) is 5.91 Å². The van der Waals surface area contributed by atoms with E-state index in [-0.39, 0.29) is 11.5 Å². The minimum Gasteiger partial charge on any atom is -0.322 e. The predicted octanol–water partition coefficient (Wildman–Crippen LogP) is 3.08. The zero-order valence-electron chi connectivity index (χ0n) is 8.65. The summed E-state index contributed by atoms with van der Waals surface area (Å²) in [4.78, 5) is 15.4. The predicted molar refractivity (Wildman–Crippen MR) is 71.3 cm³/mol. The van der Waals surface area contributed by atoms with Gasteiger partial charge < -0.3 is 5.32 Å². The molecule has 5 heteroatoms. The average molecular weight is 342 g/mol. The lowest BCUT2D eigenvalue weighted by Crippen LogP contribution is -2.12. The van der Waals surface area contributed by atoms with Crippen LogP contribution in [-0.2, 0) is 0 Å². The van der Waals surface area contributed by atoms with E-state index in [1.807, 2.05) is 12.1 Å². The molecule has 0 atom stereocenters. The molecule has 1 N–H and O–H groups in total. The third-order valence-electron chi connectivity index (χ3n) is 2.07. The van der Waals surface area contributed by atoms with E-state index in [0.717, 1.165) is 15.8 Å². The first-order valence-electron chi connectivity index (χ1n) is 4.82. The molecule has 0 saturated carbocycles. The molecule has 0 aliphatic rings. The lowest BCUT2D eigenvalue weighted by molar-refractivity contribution is 0.102. The van der Waals surface area contributed by atoms with Crippen LogP contribution in [0.5, 0.6) is 0 Å². The Balaban J connectivity index is 2.14. The second-order valence-corrected chi connectivity index (χ2v) is 4.60. The number of halogens is 2. The van der Waals surface area contributed by atoms with E-state index in [1.54, 1.807) is 12.1 Å². The van der Waals surface area contributed by atoms with E-state index < -0.39 is 5.82 Å². The summed E-state index contributed by atoms with van der Waals surface area (Å²) in [6, 6.07) is 8.47. The molecular weight excluding hydrogens is 334 g/mol. The second-order valence-electron chi connectivity index (χ2n) is 3.35. The molecule has 3 nitrogen and oxygen atoms in total. The van der Waals surface area contributed by atoms with Gasteiger partial charge >= 0.3 is 0 Å². The first-order valence-corrected chi connectivity index (χ1v) is 5.90. The highest BCUT2D eigenvalue weighted by molar-refractivity contribution is 14.1. The van der Waals surface area contributed by atoms with Crippen molar-refractivity contribution in [2.24, 2.45) is 0 Å². The molecule has 0 unspecified atom stereocenters. The summed E-state index contributed by atoms with van der Waals surface area (Å²) in [5.74, 6) is -0.904. The van der Waals surface area contributed by atoms with Crippen LogP contribution in [0.4, 0.5) is 10.1 Å². The summed E-state index contributed by atoms with van der Waals surface area (Å²) < 4.78 is 14.0. The average Bonchev–Trinajstić information content (AvgIpc) is 2.32. The molecule has 0 saturated heterocycles. The smallest absolute Gasteiger partial charge is 0.257 e. The molecule has 1 aromatic heterocycles. The minimum absolute atomic E-state index is 0.198. The Morgan fingerprint density at radius 2 is 1.94 bits per heavy atom. The van der Waals surface area contributed by atoms with E-state index >= 15 is 0 Å². The van der Waals surface area contributed by atoms with E-state index in [4.69, 9.17) is 0 Å². The van der Waals surface area contributed by atoms with Crippen LogP contribution in [0.15, 0.2) is 42.7 Å². The number of amides is 1. The molecule has 1 aromatic carbocycles. The summed E-state index contributed by atoms with van der Waals surface area (Å²) in [5.41, 5.74) is 0.864. The third-order valence-corrected chi connectivity index (χ3v) is 2.79. The molecule has 0 bridgehead atoms. The SMILES string of the molecule is O=C(Nc1ccc(I)cc1)c1cncc(F)c1. The normalized spacial score (nSPS) is 10.0. The maximum atomic E-state index is 12.9. The number of nitrogens with zero attached hydrogens (tertiary/aromatic N) is 1. The fourth-order valence-electron chi connectivity index (χ4n) is 1.27. The Hall–Kier alpha value is -1.50. The van der Waals surface area contributed by atoms with Crippen LogP contribution in [-0.4, -0.2) is 10.9 Å². The Bertz CT molecular complexity index is 542. The summed E-state index contributed by atoms with van der Waals surface area (Å²) in [6.45, 7) is 0. The number of nitrogens with one attached hydrogen (secondary N) is 1. The van der Waals surface area contributed by atoms with Gasteiger partial charge in [-0.25, -0.2) is 4.39 Å². The van der Waals surface area contributed by atoms with E-state index in [9.17, 15) is 9.18 Å². The largest absolute Gasteiger partial charge is 0.322 e. The van der Waals surface area contributed by atoms with Crippen molar-refractivity contribution >= 4 is 34.2 Å². The monoisotopic (exact) mass is 342 g/mol. The molecule has 17 heavy (non-hydrogen) atoms. The Morgan fingerprint density at radius 3 is 2.59 bits per heavy atom. The number of rotatable bonds is 2. The second kappa shape index (κ2) is 5.22. The van der Waals surface area contributed by atoms with Crippen LogP contribution in [0.3, 0.4) is 0 Å². The van der Waals surface area contributed by atoms with E-state index in [1.165, 1.54) is 6.20 Å². The molecule has 1 heterocycles. The third kappa shape index (κ3) is 3.23. The van der Waals surface area contributed by atoms with Gasteiger partial charge in [-0.2, -0.15) is 0 Å². The first-order chi connectivity index (χ1) is 8.15. The number of benzene rings is 1. The molecule has 0 spiro atoms. The van der Waals surface area contributed by atoms with Crippen molar-refractivity contribution < 1.29 is 9.18 Å². The number of carbonyl (C=O) groups excluding carboxylic acids is 1. The summed E-state index contributed by atoms with van der Waals surface area (Å²) in [5, 5.41) is 2.66. The standard InChI is InChI=1S/C12H8FIN2O/c13-9-5-8(6-15-7-9)12(17)16-11-3-1-10(14)2-4-11/h1-7H,(H,16,17). The quantitative estimate of drug-likeness (QED) is 0.853. The van der Waals surface area contributed by atoms with Crippen molar-refractivity contribution in [2.75, 3.05) is 5.32 Å². The van der Waals surface area contributed by atoms with Gasteiger partial charge in [0, 0.05) is 15.5 Å². The zero-order chi connectivity index (χ0) is 12.3. The molecule has 1 amide bonds. The van der Waals surface area contributed by atoms with Crippen LogP contribution >= 0.6 is 22.6 Å². The molecule has 2 rings (SSSR count). The van der Waals surface area contributed by atoms with Gasteiger partial charge in [-0.1, -0.05) is 0 Å². The summed E-state index contributed by atoms with van der Waals surface area (Å²) in [7, 11) is 0. The molecule has 2 aromatic rings. The number of hydrogen-bond donors (Lipinski definition) is 1. The molecule has 0 aliphatic carbocycles. The van der Waals surface area contributed by atoms with Crippen LogP contribution in [0.25, 0.3) is 0 Å². The highest BCUT2D eigenvalue weighted by Crippen LogP contribution is 2.12. The van der Waals surface area contributed by atoms with Gasteiger partial charge in [-0.05, 0) is 52.9 Å². The minimum atomic E-state index is -0.528. The van der Waals surface area contributed by atoms with Gasteiger partial charge in [0.05, 0.1) is 11.8 Å². The molecule has 0 radical (unpaired) electrons. The van der Waals surface area contributed by atoms with Gasteiger partial charge in [0.2, 0.25) is 0 Å². The summed E-state index contributed by atoms with van der Waals surface area (Å²) in [6.07, 6.45) is 2.38. The highest BCUT2D eigenvalue weighted by atomic mass is 127. The van der Waals surface area contributed by atoms with Crippen LogP contribution in [0.2, 0.25) is 0 Å². The van der Waals surface area contributed by atoms with Crippen molar-refractivity contribution in [3.8, 4) is 0 Å². The lowest BCUT2D eigenvalue weighted by atomic mass is 10.2. The van der Waals surface area contributed by atoms with Gasteiger partial charge in [-0.3, -0.25) is 9.78 Å². The topological polar surface area (TPSA) is 42.0 Å². The number of pyridine rings is 1. The van der Waals surface area contributed by atoms with Crippen molar-refractivity contribution in [1.82, 2.24) is 4.98 Å². The van der Waals surface area contributed by atoms with Crippen LogP contribution in [0, 0.1) is 9.39 Å².